The first kappa shape index (κ1) is 34.3. The van der Waals surface area contributed by atoms with Crippen molar-refractivity contribution in [3.05, 3.63) is 106 Å². The lowest BCUT2D eigenvalue weighted by Gasteiger charge is -2.12. The zero-order valence-electron chi connectivity index (χ0n) is 23.6. The first-order valence-corrected chi connectivity index (χ1v) is 14.6. The van der Waals surface area contributed by atoms with E-state index in [4.69, 9.17) is 19.9 Å². The van der Waals surface area contributed by atoms with Crippen LogP contribution in [0.5, 0.6) is 0 Å². The molecule has 0 aliphatic carbocycles. The third-order valence-electron chi connectivity index (χ3n) is 6.46. The van der Waals surface area contributed by atoms with E-state index in [2.05, 4.69) is 20.9 Å². The highest BCUT2D eigenvalue weighted by atomic mass is 79.9. The van der Waals surface area contributed by atoms with Crippen LogP contribution in [0.4, 0.5) is 17.1 Å². The summed E-state index contributed by atoms with van der Waals surface area (Å²) in [4.78, 5) is 55.7. The first-order valence-electron chi connectivity index (χ1n) is 13.7. The van der Waals surface area contributed by atoms with Gasteiger partial charge in [0.1, 0.15) is 12.5 Å². The van der Waals surface area contributed by atoms with Gasteiger partial charge in [0, 0.05) is 55.4 Å². The summed E-state index contributed by atoms with van der Waals surface area (Å²) in [6, 6.07) is 8.61. The Balaban J connectivity index is 0.000000167. The van der Waals surface area contributed by atoms with Crippen LogP contribution in [0.25, 0.3) is 0 Å². The number of alkyl halides is 1. The van der Waals surface area contributed by atoms with Gasteiger partial charge in [0.2, 0.25) is 0 Å². The highest BCUT2D eigenvalue weighted by Crippen LogP contribution is 2.22. The zero-order chi connectivity index (χ0) is 32.1. The number of halogens is 1. The maximum atomic E-state index is 11.6. The number of hydrogen-bond donors (Lipinski definition) is 2. The Bertz CT molecular complexity index is 1560. The number of aromatic amines is 1. The largest absolute Gasteiger partial charge is 0.394 e. The van der Waals surface area contributed by atoms with Crippen molar-refractivity contribution in [1.29, 1.82) is 0 Å². The number of nitrogens with zero attached hydrogens (tertiary/aromatic N) is 4. The van der Waals surface area contributed by atoms with Crippen molar-refractivity contribution in [1.82, 2.24) is 14.1 Å². The molecule has 16 nitrogen and oxygen atoms in total. The fourth-order valence-electron chi connectivity index (χ4n) is 4.24. The molecule has 3 aromatic rings. The van der Waals surface area contributed by atoms with Crippen LogP contribution in [0.15, 0.2) is 69.4 Å². The Morgan fingerprint density at radius 1 is 0.818 bits per heavy atom. The molecule has 0 spiro atoms. The second-order valence-electron chi connectivity index (χ2n) is 9.58. The summed E-state index contributed by atoms with van der Waals surface area (Å²) in [5, 5.41) is 20.5. The number of aromatic nitrogens is 3. The minimum absolute atomic E-state index is 0.115. The number of H-pyrrole nitrogens is 1. The van der Waals surface area contributed by atoms with E-state index in [1.165, 1.54) is 41.6 Å². The molecule has 3 fully saturated rings. The molecule has 0 amide bonds. The molecule has 3 aliphatic rings. The van der Waals surface area contributed by atoms with Gasteiger partial charge in [-0.2, -0.15) is 0 Å². The maximum Gasteiger partial charge on any atom is 0.334 e. The van der Waals surface area contributed by atoms with Gasteiger partial charge >= 0.3 is 22.5 Å². The fraction of sp³-hybridized carbons (Fsp3) is 0.444. The summed E-state index contributed by atoms with van der Waals surface area (Å²) in [6.45, 7) is 3.17. The molecular formula is C27H33BrN6O10. The van der Waals surface area contributed by atoms with Crippen molar-refractivity contribution < 1.29 is 24.1 Å². The monoisotopic (exact) mass is 680 g/mol. The van der Waals surface area contributed by atoms with E-state index in [1.54, 1.807) is 22.9 Å². The average Bonchev–Trinajstić information content (AvgIpc) is 3.81. The number of ether oxygens (including phenoxy) is 3. The molecule has 3 N–H and O–H groups in total. The zero-order valence-corrected chi connectivity index (χ0v) is 25.2. The molecule has 3 aromatic heterocycles. The summed E-state index contributed by atoms with van der Waals surface area (Å²) in [6.07, 6.45) is 8.79. The normalized spacial score (nSPS) is 20.2. The number of rotatable bonds is 4. The topological polar surface area (TPSA) is 217 Å². The minimum atomic E-state index is -0.723. The van der Waals surface area contributed by atoms with Crippen molar-refractivity contribution in [3.8, 4) is 0 Å². The van der Waals surface area contributed by atoms with E-state index in [-0.39, 0.29) is 23.7 Å². The Hall–Kier alpha value is -4.19. The van der Waals surface area contributed by atoms with E-state index in [0.29, 0.717) is 11.4 Å². The van der Waals surface area contributed by atoms with Crippen molar-refractivity contribution in [3.63, 3.8) is 0 Å². The molecule has 238 valence electrons. The summed E-state index contributed by atoms with van der Waals surface area (Å²) >= 11 is 3.41. The molecule has 6 rings (SSSR count). The van der Waals surface area contributed by atoms with Gasteiger partial charge < -0.3 is 24.9 Å². The molecule has 0 bridgehead atoms. The summed E-state index contributed by atoms with van der Waals surface area (Å²) in [5.41, 5.74) is 3.50. The van der Waals surface area contributed by atoms with E-state index in [1.807, 2.05) is 0 Å². The summed E-state index contributed by atoms with van der Waals surface area (Å²) in [7, 11) is 0. The van der Waals surface area contributed by atoms with Crippen molar-refractivity contribution in [2.24, 2.45) is 0 Å². The van der Waals surface area contributed by atoms with E-state index in [9.17, 15) is 34.6 Å². The maximum absolute atomic E-state index is 11.6. The molecule has 3 saturated heterocycles. The SMILES string of the molecule is BrC1CCOC1.Nc1cccn(C2CCCO2)c1=O.O=c1[nH]cccc1[N+](=O)[O-].O=c1c([N+](=O)[O-])cccn1C1CCCO1. The molecule has 0 saturated carbocycles. The third kappa shape index (κ3) is 9.94. The molecule has 44 heavy (non-hydrogen) atoms. The Morgan fingerprint density at radius 3 is 1.82 bits per heavy atom. The van der Waals surface area contributed by atoms with Gasteiger partial charge in [0.05, 0.1) is 22.1 Å². The van der Waals surface area contributed by atoms with Crippen molar-refractivity contribution >= 4 is 33.0 Å². The van der Waals surface area contributed by atoms with E-state index in [0.717, 1.165) is 51.6 Å². The first-order chi connectivity index (χ1) is 21.1. The molecule has 3 unspecified atom stereocenters. The summed E-state index contributed by atoms with van der Waals surface area (Å²) in [5.74, 6) is 0. The van der Waals surface area contributed by atoms with Crippen LogP contribution in [0.2, 0.25) is 0 Å². The van der Waals surface area contributed by atoms with Crippen LogP contribution < -0.4 is 22.4 Å². The average molecular weight is 681 g/mol. The van der Waals surface area contributed by atoms with E-state index >= 15 is 0 Å². The number of nitrogen functional groups attached to an aromatic ring is 1. The van der Waals surface area contributed by atoms with Gasteiger partial charge in [0.25, 0.3) is 5.56 Å². The second kappa shape index (κ2) is 17.2. The third-order valence-corrected chi connectivity index (χ3v) is 7.18. The Kier molecular flexibility index (Phi) is 13.4. The molecular weight excluding hydrogens is 648 g/mol. The highest BCUT2D eigenvalue weighted by molar-refractivity contribution is 9.09. The lowest BCUT2D eigenvalue weighted by atomic mass is 10.3. The van der Waals surface area contributed by atoms with Crippen LogP contribution in [-0.4, -0.2) is 55.2 Å². The number of hydrogen-bond acceptors (Lipinski definition) is 11. The minimum Gasteiger partial charge on any atom is -0.394 e. The fourth-order valence-corrected chi connectivity index (χ4v) is 4.61. The van der Waals surface area contributed by atoms with Crippen molar-refractivity contribution in [2.45, 2.75) is 49.4 Å². The van der Waals surface area contributed by atoms with Gasteiger partial charge in [-0.1, -0.05) is 15.9 Å². The van der Waals surface area contributed by atoms with Gasteiger partial charge in [-0.05, 0) is 56.4 Å². The summed E-state index contributed by atoms with van der Waals surface area (Å²) < 4.78 is 18.5. The standard InChI is InChI=1S/C9H10N2O4.C9H12N2O2.C5H4N2O3.C4H7BrO/c12-9-7(11(13)14)3-1-5-10(9)8-4-2-6-15-8;10-7-3-1-5-11(9(7)12)8-4-2-6-13-8;8-5-4(7(9)10)2-1-3-6-5;5-4-1-2-6-3-4/h1,3,5,8H,2,4,6H2;1,3,5,8H,2,4,6,10H2;1-3H,(H,6,8);4H,1-3H2. The predicted octanol–water partition coefficient (Wildman–Crippen LogP) is 3.26. The molecule has 3 atom stereocenters. The number of nitro groups is 2. The van der Waals surface area contributed by atoms with Crippen LogP contribution in [0.3, 0.4) is 0 Å². The van der Waals surface area contributed by atoms with Gasteiger partial charge in [0.15, 0.2) is 0 Å². The van der Waals surface area contributed by atoms with Crippen molar-refractivity contribution in [2.75, 3.05) is 32.2 Å². The second-order valence-corrected chi connectivity index (χ2v) is 10.9. The van der Waals surface area contributed by atoms with Crippen LogP contribution in [-0.2, 0) is 14.2 Å². The molecule has 17 heteroatoms. The number of pyridine rings is 3. The number of nitrogens with one attached hydrogen (secondary N) is 1. The number of anilines is 1. The van der Waals surface area contributed by atoms with Gasteiger partial charge in [-0.3, -0.25) is 43.7 Å². The molecule has 6 heterocycles. The Labute approximate surface area is 258 Å². The van der Waals surface area contributed by atoms with Gasteiger partial charge in [-0.15, -0.1) is 0 Å². The quantitative estimate of drug-likeness (QED) is 0.231. The van der Waals surface area contributed by atoms with E-state index < -0.39 is 32.3 Å². The Morgan fingerprint density at radius 2 is 1.39 bits per heavy atom. The number of nitrogens with two attached hydrogens (primary N) is 1. The predicted molar refractivity (Wildman–Crippen MR) is 163 cm³/mol. The highest BCUT2D eigenvalue weighted by Gasteiger charge is 2.22. The van der Waals surface area contributed by atoms with Crippen LogP contribution in [0, 0.1) is 20.2 Å². The molecule has 3 aliphatic heterocycles. The lowest BCUT2D eigenvalue weighted by Crippen LogP contribution is -2.25. The molecule has 0 radical (unpaired) electrons. The van der Waals surface area contributed by atoms with Crippen LogP contribution in [0.1, 0.15) is 44.6 Å². The smallest absolute Gasteiger partial charge is 0.334 e. The molecule has 0 aromatic carbocycles. The lowest BCUT2D eigenvalue weighted by molar-refractivity contribution is -0.386. The van der Waals surface area contributed by atoms with Gasteiger partial charge in [-0.25, -0.2) is 0 Å². The van der Waals surface area contributed by atoms with Crippen LogP contribution >= 0.6 is 15.9 Å².